The molecule has 4 nitrogen and oxygen atoms in total. The van der Waals surface area contributed by atoms with E-state index in [2.05, 4.69) is 55.4 Å². The Kier molecular flexibility index (Phi) is 8.74. The van der Waals surface area contributed by atoms with Gasteiger partial charge in [-0.25, -0.2) is 0 Å². The van der Waals surface area contributed by atoms with Crippen molar-refractivity contribution in [2.45, 2.75) is 53.0 Å². The van der Waals surface area contributed by atoms with Gasteiger partial charge in [0.2, 0.25) is 5.91 Å². The molecule has 1 saturated heterocycles. The zero-order valence-corrected chi connectivity index (χ0v) is 16.3. The molecule has 0 atom stereocenters. The van der Waals surface area contributed by atoms with Gasteiger partial charge in [0.15, 0.2) is 0 Å². The summed E-state index contributed by atoms with van der Waals surface area (Å²) >= 11 is 0. The van der Waals surface area contributed by atoms with E-state index < -0.39 is 0 Å². The molecule has 136 valence electrons. The second-order valence-corrected chi connectivity index (χ2v) is 6.77. The van der Waals surface area contributed by atoms with Crippen molar-refractivity contribution in [1.82, 2.24) is 10.2 Å². The van der Waals surface area contributed by atoms with E-state index >= 15 is 0 Å². The predicted molar refractivity (Wildman–Crippen MR) is 104 cm³/mol. The summed E-state index contributed by atoms with van der Waals surface area (Å²) in [5, 5.41) is 6.54. The highest BCUT2D eigenvalue weighted by Crippen LogP contribution is 2.22. The van der Waals surface area contributed by atoms with Crippen LogP contribution in [0.1, 0.15) is 42.9 Å². The lowest BCUT2D eigenvalue weighted by molar-refractivity contribution is -0.118. The quantitative estimate of drug-likeness (QED) is 0.823. The Balaban J connectivity index is 0.00000288. The summed E-state index contributed by atoms with van der Waals surface area (Å²) in [7, 11) is 0. The van der Waals surface area contributed by atoms with Gasteiger partial charge in [0.1, 0.15) is 0 Å². The minimum absolute atomic E-state index is 0. The van der Waals surface area contributed by atoms with E-state index in [4.69, 9.17) is 0 Å². The van der Waals surface area contributed by atoms with Crippen molar-refractivity contribution < 1.29 is 4.79 Å². The van der Waals surface area contributed by atoms with Crippen LogP contribution in [0, 0.1) is 20.8 Å². The molecule has 5 heteroatoms. The topological polar surface area (TPSA) is 44.4 Å². The molecule has 1 amide bonds. The van der Waals surface area contributed by atoms with Gasteiger partial charge < -0.3 is 10.6 Å². The Morgan fingerprint density at radius 1 is 1.21 bits per heavy atom. The molecular formula is C19H32ClN3O. The highest BCUT2D eigenvalue weighted by molar-refractivity contribution is 5.93. The predicted octanol–water partition coefficient (Wildman–Crippen LogP) is 3.44. The first kappa shape index (κ1) is 20.9. The molecule has 1 heterocycles. The first-order valence-corrected chi connectivity index (χ1v) is 8.83. The third-order valence-electron chi connectivity index (χ3n) is 4.62. The first-order chi connectivity index (χ1) is 11.0. The number of rotatable bonds is 6. The van der Waals surface area contributed by atoms with Crippen LogP contribution < -0.4 is 10.6 Å². The van der Waals surface area contributed by atoms with E-state index in [9.17, 15) is 4.79 Å². The summed E-state index contributed by atoms with van der Waals surface area (Å²) < 4.78 is 0. The van der Waals surface area contributed by atoms with Gasteiger partial charge in [0.25, 0.3) is 0 Å². The summed E-state index contributed by atoms with van der Waals surface area (Å²) in [4.78, 5) is 14.9. The van der Waals surface area contributed by atoms with E-state index in [0.717, 1.165) is 55.7 Å². The summed E-state index contributed by atoms with van der Waals surface area (Å²) in [6.07, 6.45) is 3.35. The molecule has 0 aromatic heterocycles. The molecule has 0 radical (unpaired) electrons. The average Bonchev–Trinajstić information content (AvgIpc) is 2.51. The second kappa shape index (κ2) is 10.0. The van der Waals surface area contributed by atoms with Gasteiger partial charge in [0.05, 0.1) is 6.54 Å². The maximum atomic E-state index is 12.6. The van der Waals surface area contributed by atoms with Crippen LogP contribution >= 0.6 is 12.4 Å². The van der Waals surface area contributed by atoms with Crippen molar-refractivity contribution in [2.75, 3.05) is 31.5 Å². The minimum atomic E-state index is 0. The summed E-state index contributed by atoms with van der Waals surface area (Å²) in [5.74, 6) is 0.104. The zero-order valence-electron chi connectivity index (χ0n) is 15.4. The number of nitrogens with zero attached hydrogens (tertiary/aromatic N) is 1. The van der Waals surface area contributed by atoms with Gasteiger partial charge in [0, 0.05) is 11.7 Å². The lowest BCUT2D eigenvalue weighted by Gasteiger charge is -2.34. The summed E-state index contributed by atoms with van der Waals surface area (Å²) in [6.45, 7) is 12.0. The van der Waals surface area contributed by atoms with Crippen LogP contribution in [0.3, 0.4) is 0 Å². The highest BCUT2D eigenvalue weighted by atomic mass is 35.5. The minimum Gasteiger partial charge on any atom is -0.324 e. The van der Waals surface area contributed by atoms with Gasteiger partial charge in [-0.1, -0.05) is 24.6 Å². The van der Waals surface area contributed by atoms with Crippen LogP contribution in [0.2, 0.25) is 0 Å². The largest absolute Gasteiger partial charge is 0.324 e. The number of hydrogen-bond donors (Lipinski definition) is 2. The fourth-order valence-corrected chi connectivity index (χ4v) is 3.59. The van der Waals surface area contributed by atoms with Gasteiger partial charge in [-0.15, -0.1) is 12.4 Å². The SMILES string of the molecule is CCCN(CC(=O)Nc1c(C)cc(C)cc1C)C1CCNCC1.Cl. The Morgan fingerprint density at radius 2 is 1.79 bits per heavy atom. The molecule has 0 unspecified atom stereocenters. The van der Waals surface area contributed by atoms with E-state index in [0.29, 0.717) is 12.6 Å². The number of nitrogens with one attached hydrogen (secondary N) is 2. The smallest absolute Gasteiger partial charge is 0.238 e. The molecule has 0 aliphatic carbocycles. The molecule has 2 rings (SSSR count). The van der Waals surface area contributed by atoms with E-state index in [1.807, 2.05) is 0 Å². The monoisotopic (exact) mass is 353 g/mol. The molecule has 0 bridgehead atoms. The fraction of sp³-hybridized carbons (Fsp3) is 0.632. The van der Waals surface area contributed by atoms with Crippen molar-refractivity contribution in [2.24, 2.45) is 0 Å². The maximum Gasteiger partial charge on any atom is 0.238 e. The van der Waals surface area contributed by atoms with E-state index in [-0.39, 0.29) is 18.3 Å². The van der Waals surface area contributed by atoms with Crippen LogP contribution in [0.15, 0.2) is 12.1 Å². The van der Waals surface area contributed by atoms with Gasteiger partial charge in [-0.2, -0.15) is 0 Å². The number of aryl methyl sites for hydroxylation is 3. The summed E-state index contributed by atoms with van der Waals surface area (Å²) in [6, 6.07) is 4.78. The van der Waals surface area contributed by atoms with Crippen LogP contribution in [0.4, 0.5) is 5.69 Å². The van der Waals surface area contributed by atoms with Crippen molar-refractivity contribution in [1.29, 1.82) is 0 Å². The number of hydrogen-bond acceptors (Lipinski definition) is 3. The number of amides is 1. The van der Waals surface area contributed by atoms with Crippen molar-refractivity contribution in [3.63, 3.8) is 0 Å². The average molecular weight is 354 g/mol. The Labute approximate surface area is 152 Å². The number of piperidine rings is 1. The molecule has 0 saturated carbocycles. The fourth-order valence-electron chi connectivity index (χ4n) is 3.59. The first-order valence-electron chi connectivity index (χ1n) is 8.83. The third-order valence-corrected chi connectivity index (χ3v) is 4.62. The van der Waals surface area contributed by atoms with E-state index in [1.165, 1.54) is 5.56 Å². The number of carbonyl (C=O) groups excluding carboxylic acids is 1. The number of halogens is 1. The lowest BCUT2D eigenvalue weighted by Crippen LogP contribution is -2.46. The normalized spacial score (nSPS) is 15.2. The van der Waals surface area contributed by atoms with E-state index in [1.54, 1.807) is 0 Å². The molecule has 1 aliphatic heterocycles. The molecule has 1 fully saturated rings. The summed E-state index contributed by atoms with van der Waals surface area (Å²) in [5.41, 5.74) is 4.49. The number of carbonyl (C=O) groups is 1. The Morgan fingerprint density at radius 3 is 2.33 bits per heavy atom. The second-order valence-electron chi connectivity index (χ2n) is 6.77. The van der Waals surface area contributed by atoms with Gasteiger partial charge in [-0.05, 0) is 70.8 Å². The van der Waals surface area contributed by atoms with Crippen LogP contribution in [-0.4, -0.2) is 43.0 Å². The molecule has 1 aliphatic rings. The van der Waals surface area contributed by atoms with Gasteiger partial charge in [-0.3, -0.25) is 9.69 Å². The number of anilines is 1. The molecule has 1 aromatic carbocycles. The molecule has 0 spiro atoms. The Hall–Kier alpha value is -1.10. The molecule has 2 N–H and O–H groups in total. The van der Waals surface area contributed by atoms with Crippen LogP contribution in [0.5, 0.6) is 0 Å². The molecule has 1 aromatic rings. The molecule has 24 heavy (non-hydrogen) atoms. The van der Waals surface area contributed by atoms with Crippen molar-refractivity contribution in [3.05, 3.63) is 28.8 Å². The Bertz CT molecular complexity index is 518. The third kappa shape index (κ3) is 5.76. The molecular weight excluding hydrogens is 322 g/mol. The van der Waals surface area contributed by atoms with Crippen LogP contribution in [0.25, 0.3) is 0 Å². The van der Waals surface area contributed by atoms with Crippen molar-refractivity contribution >= 4 is 24.0 Å². The maximum absolute atomic E-state index is 12.6. The zero-order chi connectivity index (χ0) is 16.8. The number of benzene rings is 1. The van der Waals surface area contributed by atoms with Gasteiger partial charge >= 0.3 is 0 Å². The standard InChI is InChI=1S/C19H31N3O.ClH/c1-5-10-22(17-6-8-20-9-7-17)13-18(23)21-19-15(3)11-14(2)12-16(19)4;/h11-12,17,20H,5-10,13H2,1-4H3,(H,21,23);1H. The van der Waals surface area contributed by atoms with Crippen LogP contribution in [-0.2, 0) is 4.79 Å². The van der Waals surface area contributed by atoms with Crippen molar-refractivity contribution in [3.8, 4) is 0 Å². The highest BCUT2D eigenvalue weighted by Gasteiger charge is 2.22. The lowest BCUT2D eigenvalue weighted by atomic mass is 10.0.